The number of benzene rings is 1. The third-order valence-corrected chi connectivity index (χ3v) is 5.39. The van der Waals surface area contributed by atoms with E-state index in [-0.39, 0.29) is 11.9 Å². The molecule has 0 radical (unpaired) electrons. The first-order valence-corrected chi connectivity index (χ1v) is 8.73. The minimum absolute atomic E-state index is 0.0612. The molecule has 2 heterocycles. The Morgan fingerprint density at radius 1 is 1.12 bits per heavy atom. The van der Waals surface area contributed by atoms with Crippen molar-refractivity contribution in [3.63, 3.8) is 0 Å². The summed E-state index contributed by atoms with van der Waals surface area (Å²) in [5.41, 5.74) is 1.90. The summed E-state index contributed by atoms with van der Waals surface area (Å²) in [6.45, 7) is 0. The highest BCUT2D eigenvalue weighted by Gasteiger charge is 2.47. The van der Waals surface area contributed by atoms with Crippen molar-refractivity contribution in [3.8, 4) is 0 Å². The third kappa shape index (κ3) is 2.60. The number of carboxylic acids is 1. The first-order valence-electron chi connectivity index (χ1n) is 8.73. The first kappa shape index (κ1) is 15.8. The van der Waals surface area contributed by atoms with Gasteiger partial charge in [0.15, 0.2) is 0 Å². The molecule has 1 aromatic carbocycles. The van der Waals surface area contributed by atoms with Crippen molar-refractivity contribution in [2.24, 2.45) is 0 Å². The molecule has 1 N–H and O–H groups in total. The number of carboxylic acid groups (broad SMARTS) is 1. The van der Waals surface area contributed by atoms with E-state index in [0.29, 0.717) is 11.1 Å². The van der Waals surface area contributed by atoms with E-state index in [1.54, 1.807) is 42.7 Å². The number of fused-ring (bicyclic) bond motifs is 1. The van der Waals surface area contributed by atoms with E-state index < -0.39 is 17.9 Å². The van der Waals surface area contributed by atoms with E-state index in [2.05, 4.69) is 4.98 Å². The van der Waals surface area contributed by atoms with Crippen molar-refractivity contribution in [2.75, 3.05) is 0 Å². The molecule has 1 amide bonds. The predicted molar refractivity (Wildman–Crippen MR) is 92.2 cm³/mol. The SMILES string of the molecule is O=C(O)C1c2ccccc2C(=O)N(C2CCCC2)C1c1cccnc1. The molecule has 1 fully saturated rings. The van der Waals surface area contributed by atoms with Crippen LogP contribution in [0, 0.1) is 0 Å². The minimum Gasteiger partial charge on any atom is -0.481 e. The van der Waals surface area contributed by atoms with Gasteiger partial charge in [0.2, 0.25) is 0 Å². The van der Waals surface area contributed by atoms with E-state index in [1.165, 1.54) is 0 Å². The molecule has 0 bridgehead atoms. The van der Waals surface area contributed by atoms with E-state index in [0.717, 1.165) is 31.2 Å². The zero-order valence-corrected chi connectivity index (χ0v) is 13.8. The van der Waals surface area contributed by atoms with Crippen LogP contribution in [0.3, 0.4) is 0 Å². The van der Waals surface area contributed by atoms with Gasteiger partial charge in [-0.25, -0.2) is 0 Å². The molecule has 1 aliphatic heterocycles. The number of hydrogen-bond donors (Lipinski definition) is 1. The van der Waals surface area contributed by atoms with Crippen molar-refractivity contribution in [3.05, 3.63) is 65.5 Å². The summed E-state index contributed by atoms with van der Waals surface area (Å²) in [5, 5.41) is 10.0. The molecule has 128 valence electrons. The van der Waals surface area contributed by atoms with Crippen molar-refractivity contribution in [1.29, 1.82) is 0 Å². The summed E-state index contributed by atoms with van der Waals surface area (Å²) in [7, 11) is 0. The van der Waals surface area contributed by atoms with Gasteiger partial charge in [-0.2, -0.15) is 0 Å². The lowest BCUT2D eigenvalue weighted by molar-refractivity contribution is -0.140. The average molecular weight is 336 g/mol. The second-order valence-corrected chi connectivity index (χ2v) is 6.79. The van der Waals surface area contributed by atoms with Crippen molar-refractivity contribution in [1.82, 2.24) is 9.88 Å². The lowest BCUT2D eigenvalue weighted by Gasteiger charge is -2.44. The van der Waals surface area contributed by atoms with Gasteiger partial charge in [0.1, 0.15) is 5.92 Å². The maximum atomic E-state index is 13.3. The molecule has 0 saturated heterocycles. The van der Waals surface area contributed by atoms with Gasteiger partial charge in [0, 0.05) is 24.0 Å². The molecule has 2 aromatic rings. The number of rotatable bonds is 3. The monoisotopic (exact) mass is 336 g/mol. The van der Waals surface area contributed by atoms with Crippen LogP contribution in [0.2, 0.25) is 0 Å². The van der Waals surface area contributed by atoms with Gasteiger partial charge in [0.05, 0.1) is 6.04 Å². The summed E-state index contributed by atoms with van der Waals surface area (Å²) in [5.74, 6) is -1.75. The van der Waals surface area contributed by atoms with Crippen LogP contribution < -0.4 is 0 Å². The highest BCUT2D eigenvalue weighted by atomic mass is 16.4. The second-order valence-electron chi connectivity index (χ2n) is 6.79. The summed E-state index contributed by atoms with van der Waals surface area (Å²) in [6, 6.07) is 10.4. The topological polar surface area (TPSA) is 70.5 Å². The number of aliphatic carboxylic acids is 1. The molecule has 2 unspecified atom stereocenters. The molecule has 0 spiro atoms. The van der Waals surface area contributed by atoms with Crippen LogP contribution in [-0.2, 0) is 4.79 Å². The molecule has 1 saturated carbocycles. The van der Waals surface area contributed by atoms with Gasteiger partial charge in [0.25, 0.3) is 5.91 Å². The number of amides is 1. The first-order chi connectivity index (χ1) is 12.2. The fourth-order valence-electron chi connectivity index (χ4n) is 4.31. The predicted octanol–water partition coefficient (Wildman–Crippen LogP) is 3.39. The second kappa shape index (κ2) is 6.31. The van der Waals surface area contributed by atoms with Crippen LogP contribution >= 0.6 is 0 Å². The summed E-state index contributed by atoms with van der Waals surface area (Å²) < 4.78 is 0. The van der Waals surface area contributed by atoms with E-state index in [4.69, 9.17) is 0 Å². The van der Waals surface area contributed by atoms with Gasteiger partial charge in [-0.05, 0) is 36.1 Å². The Labute approximate surface area is 146 Å². The van der Waals surface area contributed by atoms with Crippen molar-refractivity contribution < 1.29 is 14.7 Å². The molecule has 1 aliphatic carbocycles. The Morgan fingerprint density at radius 2 is 1.88 bits per heavy atom. The fraction of sp³-hybridized carbons (Fsp3) is 0.350. The highest BCUT2D eigenvalue weighted by molar-refractivity contribution is 6.00. The van der Waals surface area contributed by atoms with Gasteiger partial charge in [-0.15, -0.1) is 0 Å². The van der Waals surface area contributed by atoms with Crippen LogP contribution in [0.4, 0.5) is 0 Å². The highest BCUT2D eigenvalue weighted by Crippen LogP contribution is 2.45. The van der Waals surface area contributed by atoms with Crippen molar-refractivity contribution >= 4 is 11.9 Å². The third-order valence-electron chi connectivity index (χ3n) is 5.39. The number of carbonyl (C=O) groups excluding carboxylic acids is 1. The van der Waals surface area contributed by atoms with Crippen LogP contribution in [0.1, 0.15) is 59.1 Å². The molecular weight excluding hydrogens is 316 g/mol. The molecule has 2 atom stereocenters. The Balaban J connectivity index is 1.91. The number of pyridine rings is 1. The number of carbonyl (C=O) groups is 2. The van der Waals surface area contributed by atoms with Gasteiger partial charge in [-0.1, -0.05) is 37.1 Å². The zero-order chi connectivity index (χ0) is 17.4. The summed E-state index contributed by atoms with van der Waals surface area (Å²) in [4.78, 5) is 31.5. The summed E-state index contributed by atoms with van der Waals surface area (Å²) >= 11 is 0. The smallest absolute Gasteiger partial charge is 0.313 e. The van der Waals surface area contributed by atoms with E-state index in [1.807, 2.05) is 11.0 Å². The van der Waals surface area contributed by atoms with Crippen LogP contribution in [0.25, 0.3) is 0 Å². The Morgan fingerprint density at radius 3 is 2.56 bits per heavy atom. The average Bonchev–Trinajstić information content (AvgIpc) is 3.16. The fourth-order valence-corrected chi connectivity index (χ4v) is 4.31. The Kier molecular flexibility index (Phi) is 3.99. The molecular formula is C20H20N2O3. The minimum atomic E-state index is -0.906. The largest absolute Gasteiger partial charge is 0.481 e. The molecule has 1 aromatic heterocycles. The Bertz CT molecular complexity index is 800. The van der Waals surface area contributed by atoms with E-state index in [9.17, 15) is 14.7 Å². The number of nitrogens with zero attached hydrogens (tertiary/aromatic N) is 2. The van der Waals surface area contributed by atoms with Crippen LogP contribution in [0.15, 0.2) is 48.8 Å². The van der Waals surface area contributed by atoms with Gasteiger partial charge < -0.3 is 10.0 Å². The van der Waals surface area contributed by atoms with Gasteiger partial charge in [-0.3, -0.25) is 14.6 Å². The lowest BCUT2D eigenvalue weighted by atomic mass is 9.79. The summed E-state index contributed by atoms with van der Waals surface area (Å²) in [6.07, 6.45) is 7.36. The van der Waals surface area contributed by atoms with E-state index >= 15 is 0 Å². The maximum absolute atomic E-state index is 13.3. The standard InChI is InChI=1S/C20H20N2O3/c23-19-16-10-4-3-9-15(16)17(20(24)25)18(13-6-5-11-21-12-13)22(19)14-7-1-2-8-14/h3-6,9-12,14,17-18H,1-2,7-8H2,(H,24,25). The Hall–Kier alpha value is -2.69. The van der Waals surface area contributed by atoms with Crippen LogP contribution in [0.5, 0.6) is 0 Å². The molecule has 5 heteroatoms. The van der Waals surface area contributed by atoms with Crippen LogP contribution in [-0.4, -0.2) is 32.9 Å². The molecule has 4 rings (SSSR count). The molecule has 25 heavy (non-hydrogen) atoms. The zero-order valence-electron chi connectivity index (χ0n) is 13.8. The van der Waals surface area contributed by atoms with Gasteiger partial charge >= 0.3 is 5.97 Å². The quantitative estimate of drug-likeness (QED) is 0.933. The normalized spacial score (nSPS) is 23.5. The molecule has 2 aliphatic rings. The number of hydrogen-bond acceptors (Lipinski definition) is 3. The maximum Gasteiger partial charge on any atom is 0.313 e. The lowest BCUT2D eigenvalue weighted by Crippen LogP contribution is -2.49. The molecule has 5 nitrogen and oxygen atoms in total. The van der Waals surface area contributed by atoms with Crippen molar-refractivity contribution in [2.45, 2.75) is 43.7 Å². The number of aromatic nitrogens is 1.